The van der Waals surface area contributed by atoms with Gasteiger partial charge < -0.3 is 10.2 Å². The molecule has 1 N–H and O–H groups in total. The van der Waals surface area contributed by atoms with Gasteiger partial charge in [-0.25, -0.2) is 0 Å². The summed E-state index contributed by atoms with van der Waals surface area (Å²) in [5, 5.41) is 3.59. The molecular formula is C15H31N3. The molecule has 1 aliphatic carbocycles. The molecule has 3 nitrogen and oxygen atoms in total. The summed E-state index contributed by atoms with van der Waals surface area (Å²) in [6, 6.07) is 0.878. The van der Waals surface area contributed by atoms with Gasteiger partial charge in [-0.05, 0) is 59.7 Å². The lowest BCUT2D eigenvalue weighted by molar-refractivity contribution is 0.0393. The first-order chi connectivity index (χ1) is 8.58. The van der Waals surface area contributed by atoms with Gasteiger partial charge in [0.2, 0.25) is 0 Å². The van der Waals surface area contributed by atoms with Crippen molar-refractivity contribution < 1.29 is 0 Å². The van der Waals surface area contributed by atoms with E-state index in [1.807, 2.05) is 0 Å². The predicted octanol–water partition coefficient (Wildman–Crippen LogP) is 1.93. The minimum Gasteiger partial charge on any atom is -0.314 e. The zero-order chi connectivity index (χ0) is 13.0. The molecule has 2 rings (SSSR count). The molecule has 1 saturated heterocycles. The van der Waals surface area contributed by atoms with Crippen molar-refractivity contribution in [1.82, 2.24) is 15.1 Å². The van der Waals surface area contributed by atoms with Crippen LogP contribution < -0.4 is 5.32 Å². The standard InChI is InChI=1S/C15H31N3/c1-15(2)13-18(12-11-17(15)3)10-6-4-5-9-16-14-7-8-14/h14,16H,4-13H2,1-3H3. The highest BCUT2D eigenvalue weighted by Gasteiger charge is 2.30. The second-order valence-electron chi connectivity index (χ2n) is 6.80. The average molecular weight is 253 g/mol. The van der Waals surface area contributed by atoms with Crippen molar-refractivity contribution in [3.63, 3.8) is 0 Å². The van der Waals surface area contributed by atoms with E-state index in [0.29, 0.717) is 5.54 Å². The summed E-state index contributed by atoms with van der Waals surface area (Å²) in [7, 11) is 2.25. The quantitative estimate of drug-likeness (QED) is 0.700. The summed E-state index contributed by atoms with van der Waals surface area (Å²) < 4.78 is 0. The predicted molar refractivity (Wildman–Crippen MR) is 78.0 cm³/mol. The summed E-state index contributed by atoms with van der Waals surface area (Å²) >= 11 is 0. The smallest absolute Gasteiger partial charge is 0.0277 e. The number of hydrogen-bond donors (Lipinski definition) is 1. The zero-order valence-electron chi connectivity index (χ0n) is 12.5. The van der Waals surface area contributed by atoms with Gasteiger partial charge in [-0.1, -0.05) is 6.42 Å². The molecule has 1 aliphatic heterocycles. The largest absolute Gasteiger partial charge is 0.314 e. The molecule has 0 unspecified atom stereocenters. The van der Waals surface area contributed by atoms with Gasteiger partial charge >= 0.3 is 0 Å². The number of unbranched alkanes of at least 4 members (excludes halogenated alkanes) is 2. The summed E-state index contributed by atoms with van der Waals surface area (Å²) in [4.78, 5) is 5.14. The fourth-order valence-electron chi connectivity index (χ4n) is 2.76. The third-order valence-electron chi connectivity index (χ3n) is 4.56. The van der Waals surface area contributed by atoms with Gasteiger partial charge in [-0.15, -0.1) is 0 Å². The summed E-state index contributed by atoms with van der Waals surface area (Å²) in [6.07, 6.45) is 6.93. The number of nitrogens with zero attached hydrogens (tertiary/aromatic N) is 2. The Bertz CT molecular complexity index is 248. The van der Waals surface area contributed by atoms with E-state index >= 15 is 0 Å². The van der Waals surface area contributed by atoms with E-state index in [4.69, 9.17) is 0 Å². The van der Waals surface area contributed by atoms with E-state index in [2.05, 4.69) is 36.0 Å². The minimum atomic E-state index is 0.353. The second-order valence-corrected chi connectivity index (χ2v) is 6.80. The molecule has 106 valence electrons. The Morgan fingerprint density at radius 3 is 2.56 bits per heavy atom. The van der Waals surface area contributed by atoms with Gasteiger partial charge in [0.25, 0.3) is 0 Å². The molecule has 0 amide bonds. The van der Waals surface area contributed by atoms with Gasteiger partial charge in [-0.2, -0.15) is 0 Å². The van der Waals surface area contributed by atoms with Crippen LogP contribution >= 0.6 is 0 Å². The van der Waals surface area contributed by atoms with Crippen LogP contribution in [0.5, 0.6) is 0 Å². The molecule has 3 heteroatoms. The highest BCUT2D eigenvalue weighted by Crippen LogP contribution is 2.19. The van der Waals surface area contributed by atoms with E-state index in [1.54, 1.807) is 0 Å². The van der Waals surface area contributed by atoms with Crippen LogP contribution in [-0.2, 0) is 0 Å². The first kappa shape index (κ1) is 14.3. The molecule has 0 bridgehead atoms. The molecule has 1 saturated carbocycles. The molecule has 0 aromatic carbocycles. The van der Waals surface area contributed by atoms with E-state index in [1.165, 1.54) is 64.8 Å². The number of hydrogen-bond acceptors (Lipinski definition) is 3. The Morgan fingerprint density at radius 2 is 1.89 bits per heavy atom. The van der Waals surface area contributed by atoms with Crippen molar-refractivity contribution >= 4 is 0 Å². The molecule has 2 fully saturated rings. The lowest BCUT2D eigenvalue weighted by Crippen LogP contribution is -2.57. The third kappa shape index (κ3) is 4.52. The van der Waals surface area contributed by atoms with Crippen LogP contribution in [0.1, 0.15) is 46.0 Å². The lowest BCUT2D eigenvalue weighted by Gasteiger charge is -2.45. The van der Waals surface area contributed by atoms with Crippen LogP contribution in [0.4, 0.5) is 0 Å². The second kappa shape index (κ2) is 6.36. The minimum absolute atomic E-state index is 0.353. The van der Waals surface area contributed by atoms with Crippen LogP contribution in [0.3, 0.4) is 0 Å². The van der Waals surface area contributed by atoms with Crippen LogP contribution in [0, 0.1) is 0 Å². The maximum atomic E-state index is 3.59. The van der Waals surface area contributed by atoms with Crippen molar-refractivity contribution in [1.29, 1.82) is 0 Å². The first-order valence-electron chi connectivity index (χ1n) is 7.75. The molecule has 0 aromatic heterocycles. The van der Waals surface area contributed by atoms with Crippen LogP contribution in [0.25, 0.3) is 0 Å². The van der Waals surface area contributed by atoms with Crippen LogP contribution in [0.2, 0.25) is 0 Å². The molecule has 2 aliphatic rings. The topological polar surface area (TPSA) is 18.5 Å². The lowest BCUT2D eigenvalue weighted by atomic mass is 9.99. The van der Waals surface area contributed by atoms with Gasteiger partial charge in [-0.3, -0.25) is 4.90 Å². The Morgan fingerprint density at radius 1 is 1.11 bits per heavy atom. The van der Waals surface area contributed by atoms with Crippen molar-refractivity contribution in [2.45, 2.75) is 57.5 Å². The maximum absolute atomic E-state index is 3.59. The van der Waals surface area contributed by atoms with E-state index in [0.717, 1.165) is 6.04 Å². The van der Waals surface area contributed by atoms with Gasteiger partial charge in [0.15, 0.2) is 0 Å². The molecule has 1 heterocycles. The van der Waals surface area contributed by atoms with E-state index in [-0.39, 0.29) is 0 Å². The van der Waals surface area contributed by atoms with Crippen molar-refractivity contribution in [2.24, 2.45) is 0 Å². The average Bonchev–Trinajstić information content (AvgIpc) is 3.11. The Balaban J connectivity index is 1.50. The van der Waals surface area contributed by atoms with Crippen molar-refractivity contribution in [2.75, 3.05) is 39.8 Å². The number of piperazine rings is 1. The fourth-order valence-corrected chi connectivity index (χ4v) is 2.76. The highest BCUT2D eigenvalue weighted by atomic mass is 15.3. The van der Waals surface area contributed by atoms with Crippen LogP contribution in [0.15, 0.2) is 0 Å². The monoisotopic (exact) mass is 253 g/mol. The number of rotatable bonds is 7. The van der Waals surface area contributed by atoms with Gasteiger partial charge in [0.1, 0.15) is 0 Å². The molecule has 18 heavy (non-hydrogen) atoms. The Hall–Kier alpha value is -0.120. The number of nitrogens with one attached hydrogen (secondary N) is 1. The Labute approximate surface area is 113 Å². The third-order valence-corrected chi connectivity index (χ3v) is 4.56. The zero-order valence-corrected chi connectivity index (χ0v) is 12.5. The normalized spacial score (nSPS) is 25.5. The van der Waals surface area contributed by atoms with E-state index < -0.39 is 0 Å². The fraction of sp³-hybridized carbons (Fsp3) is 1.00. The van der Waals surface area contributed by atoms with Gasteiger partial charge in [0.05, 0.1) is 0 Å². The molecule has 0 atom stereocenters. The first-order valence-corrected chi connectivity index (χ1v) is 7.75. The van der Waals surface area contributed by atoms with Gasteiger partial charge in [0, 0.05) is 31.2 Å². The molecular weight excluding hydrogens is 222 g/mol. The summed E-state index contributed by atoms with van der Waals surface area (Å²) in [6.45, 7) is 10.9. The van der Waals surface area contributed by atoms with Crippen LogP contribution in [-0.4, -0.2) is 61.2 Å². The van der Waals surface area contributed by atoms with Crippen molar-refractivity contribution in [3.8, 4) is 0 Å². The number of likely N-dealkylation sites (N-methyl/N-ethyl adjacent to an activating group) is 1. The Kier molecular flexibility index (Phi) is 5.05. The van der Waals surface area contributed by atoms with Crippen molar-refractivity contribution in [3.05, 3.63) is 0 Å². The molecule has 0 aromatic rings. The highest BCUT2D eigenvalue weighted by molar-refractivity contribution is 4.88. The molecule has 0 radical (unpaired) electrons. The summed E-state index contributed by atoms with van der Waals surface area (Å²) in [5.74, 6) is 0. The maximum Gasteiger partial charge on any atom is 0.0277 e. The SMILES string of the molecule is CN1CCN(CCCCCNC2CC2)CC1(C)C. The van der Waals surface area contributed by atoms with E-state index in [9.17, 15) is 0 Å². The summed E-state index contributed by atoms with van der Waals surface area (Å²) in [5.41, 5.74) is 0.353. The molecule has 0 spiro atoms.